The van der Waals surface area contributed by atoms with Gasteiger partial charge < -0.3 is 9.31 Å². The highest BCUT2D eigenvalue weighted by molar-refractivity contribution is 6.45. The predicted octanol–water partition coefficient (Wildman–Crippen LogP) is 2.73. The summed E-state index contributed by atoms with van der Waals surface area (Å²) >= 11 is 0. The van der Waals surface area contributed by atoms with Crippen LogP contribution in [0.2, 0.25) is 6.32 Å². The van der Waals surface area contributed by atoms with Gasteiger partial charge in [0.2, 0.25) is 0 Å². The lowest BCUT2D eigenvalue weighted by Gasteiger charge is -2.64. The minimum Gasteiger partial charge on any atom is -0.405 e. The van der Waals surface area contributed by atoms with E-state index >= 15 is 0 Å². The minimum atomic E-state index is -0.00106. The van der Waals surface area contributed by atoms with E-state index in [1.807, 2.05) is 0 Å². The Morgan fingerprint density at radius 3 is 2.60 bits per heavy atom. The first-order valence-corrected chi connectivity index (χ1v) is 6.31. The molecule has 4 fully saturated rings. The first-order chi connectivity index (χ1) is 6.98. The Morgan fingerprint density at radius 2 is 2.00 bits per heavy atom. The van der Waals surface area contributed by atoms with Gasteiger partial charge in [-0.1, -0.05) is 20.8 Å². The Hall–Kier alpha value is -0.0151. The van der Waals surface area contributed by atoms with Crippen LogP contribution in [0.3, 0.4) is 0 Å². The van der Waals surface area contributed by atoms with Crippen LogP contribution in [0.4, 0.5) is 0 Å². The van der Waals surface area contributed by atoms with Crippen molar-refractivity contribution in [3.8, 4) is 0 Å². The van der Waals surface area contributed by atoms with Crippen LogP contribution in [-0.4, -0.2) is 18.8 Å². The zero-order valence-electron chi connectivity index (χ0n) is 10.2. The second-order valence-corrected chi connectivity index (χ2v) is 6.31. The van der Waals surface area contributed by atoms with Gasteiger partial charge in [0, 0.05) is 0 Å². The van der Waals surface area contributed by atoms with Gasteiger partial charge in [-0.3, -0.25) is 0 Å². The van der Waals surface area contributed by atoms with Crippen molar-refractivity contribution in [3.63, 3.8) is 0 Å². The Morgan fingerprint density at radius 1 is 1.27 bits per heavy atom. The molecule has 4 aliphatic rings. The molecule has 0 aromatic rings. The zero-order valence-corrected chi connectivity index (χ0v) is 10.2. The molecule has 0 aromatic heterocycles. The summed E-state index contributed by atoms with van der Waals surface area (Å²) in [5.41, 5.74) is 0.468. The van der Waals surface area contributed by atoms with Crippen LogP contribution in [0.15, 0.2) is 0 Å². The summed E-state index contributed by atoms with van der Waals surface area (Å²) < 4.78 is 12.2. The molecule has 1 saturated heterocycles. The molecule has 0 spiro atoms. The maximum Gasteiger partial charge on any atom is 0.457 e. The van der Waals surface area contributed by atoms with Crippen molar-refractivity contribution < 1.29 is 9.31 Å². The summed E-state index contributed by atoms with van der Waals surface area (Å²) in [6.45, 7) is 9.21. The van der Waals surface area contributed by atoms with E-state index in [-0.39, 0.29) is 12.7 Å². The Labute approximate surface area is 92.9 Å². The van der Waals surface area contributed by atoms with Crippen LogP contribution >= 0.6 is 0 Å². The predicted molar refractivity (Wildman–Crippen MR) is 60.6 cm³/mol. The van der Waals surface area contributed by atoms with Gasteiger partial charge in [0.05, 0.1) is 11.7 Å². The highest BCUT2D eigenvalue weighted by atomic mass is 16.7. The third-order valence-corrected chi connectivity index (χ3v) is 5.34. The monoisotopic (exact) mass is 208 g/mol. The molecule has 3 heteroatoms. The maximum atomic E-state index is 6.17. The Balaban J connectivity index is 1.89. The van der Waals surface area contributed by atoms with Gasteiger partial charge >= 0.3 is 7.12 Å². The van der Waals surface area contributed by atoms with Crippen LogP contribution in [0.5, 0.6) is 0 Å². The third-order valence-electron chi connectivity index (χ3n) is 5.34. The van der Waals surface area contributed by atoms with E-state index in [0.29, 0.717) is 17.4 Å². The molecule has 15 heavy (non-hydrogen) atoms. The normalized spacial score (nSPS) is 51.2. The topological polar surface area (TPSA) is 18.5 Å². The van der Waals surface area contributed by atoms with Crippen molar-refractivity contribution in [2.45, 2.75) is 58.6 Å². The molecular formula is C12H21BO2. The van der Waals surface area contributed by atoms with Gasteiger partial charge in [0.15, 0.2) is 0 Å². The first-order valence-electron chi connectivity index (χ1n) is 6.31. The molecule has 3 saturated carbocycles. The number of hydrogen-bond donors (Lipinski definition) is 0. The van der Waals surface area contributed by atoms with E-state index in [2.05, 4.69) is 27.7 Å². The lowest BCUT2D eigenvalue weighted by molar-refractivity contribution is -0.199. The molecule has 0 N–H and O–H groups in total. The highest BCUT2D eigenvalue weighted by Gasteiger charge is 2.67. The maximum absolute atomic E-state index is 6.17. The van der Waals surface area contributed by atoms with Crippen molar-refractivity contribution in [2.24, 2.45) is 17.3 Å². The molecule has 2 nitrogen and oxygen atoms in total. The fraction of sp³-hybridized carbons (Fsp3) is 1.00. The lowest BCUT2D eigenvalue weighted by atomic mass is 9.43. The van der Waals surface area contributed by atoms with E-state index in [1.54, 1.807) is 0 Å². The van der Waals surface area contributed by atoms with Gasteiger partial charge in [-0.25, -0.2) is 0 Å². The zero-order chi connectivity index (χ0) is 10.8. The number of rotatable bonds is 1. The van der Waals surface area contributed by atoms with Crippen LogP contribution in [0.25, 0.3) is 0 Å². The van der Waals surface area contributed by atoms with Gasteiger partial charge in [-0.05, 0) is 43.3 Å². The van der Waals surface area contributed by atoms with Crippen LogP contribution in [0.1, 0.15) is 40.5 Å². The molecule has 0 aromatic carbocycles. The largest absolute Gasteiger partial charge is 0.457 e. The first kappa shape index (κ1) is 10.2. The molecule has 3 aliphatic carbocycles. The SMILES string of the molecule is CCB1OC2CC3CC(C3(C)C)C2(C)O1. The Bertz CT molecular complexity index is 291. The molecule has 0 amide bonds. The molecule has 1 aliphatic heterocycles. The Kier molecular flexibility index (Phi) is 1.90. The van der Waals surface area contributed by atoms with Crippen LogP contribution in [-0.2, 0) is 9.31 Å². The summed E-state index contributed by atoms with van der Waals surface area (Å²) in [6.07, 6.45) is 3.89. The van der Waals surface area contributed by atoms with Crippen molar-refractivity contribution in [1.29, 1.82) is 0 Å². The molecule has 4 unspecified atom stereocenters. The summed E-state index contributed by atoms with van der Waals surface area (Å²) in [6, 6.07) is 0. The summed E-state index contributed by atoms with van der Waals surface area (Å²) in [5, 5.41) is 0. The van der Waals surface area contributed by atoms with Crippen molar-refractivity contribution in [2.75, 3.05) is 0 Å². The van der Waals surface area contributed by atoms with Gasteiger partial charge in [-0.15, -0.1) is 0 Å². The molecule has 0 radical (unpaired) electrons. The van der Waals surface area contributed by atoms with E-state index in [4.69, 9.17) is 9.31 Å². The molecular weight excluding hydrogens is 187 g/mol. The van der Waals surface area contributed by atoms with Gasteiger partial charge in [0.1, 0.15) is 0 Å². The van der Waals surface area contributed by atoms with Gasteiger partial charge in [-0.2, -0.15) is 0 Å². The number of hydrogen-bond acceptors (Lipinski definition) is 2. The third kappa shape index (κ3) is 1.09. The van der Waals surface area contributed by atoms with Gasteiger partial charge in [0.25, 0.3) is 0 Å². The lowest BCUT2D eigenvalue weighted by Crippen LogP contribution is -2.65. The van der Waals surface area contributed by atoms with E-state index in [9.17, 15) is 0 Å². The van der Waals surface area contributed by atoms with Crippen molar-refractivity contribution >= 4 is 7.12 Å². The summed E-state index contributed by atoms with van der Waals surface area (Å²) in [5.74, 6) is 1.56. The quantitative estimate of drug-likeness (QED) is 0.617. The van der Waals surface area contributed by atoms with Crippen molar-refractivity contribution in [3.05, 3.63) is 0 Å². The summed E-state index contributed by atoms with van der Waals surface area (Å²) in [7, 11) is 0.0511. The second kappa shape index (κ2) is 2.81. The van der Waals surface area contributed by atoms with Crippen molar-refractivity contribution in [1.82, 2.24) is 0 Å². The van der Waals surface area contributed by atoms with Crippen LogP contribution in [0, 0.1) is 17.3 Å². The molecule has 2 bridgehead atoms. The average Bonchev–Trinajstić information content (AvgIpc) is 2.53. The fourth-order valence-electron chi connectivity index (χ4n) is 4.13. The molecule has 4 rings (SSSR count). The minimum absolute atomic E-state index is 0.00106. The summed E-state index contributed by atoms with van der Waals surface area (Å²) in [4.78, 5) is 0. The molecule has 4 atom stereocenters. The highest BCUT2D eigenvalue weighted by Crippen LogP contribution is 2.65. The fourth-order valence-corrected chi connectivity index (χ4v) is 4.13. The van der Waals surface area contributed by atoms with Crippen LogP contribution < -0.4 is 0 Å². The second-order valence-electron chi connectivity index (χ2n) is 6.31. The standard InChI is InChI=1S/C12H21BO2/c1-5-13-14-10-7-8-6-9(11(8,2)3)12(10,4)15-13/h8-10H,5-7H2,1-4H3. The average molecular weight is 208 g/mol. The van der Waals surface area contributed by atoms with E-state index < -0.39 is 0 Å². The smallest absolute Gasteiger partial charge is 0.405 e. The molecule has 84 valence electrons. The van der Waals surface area contributed by atoms with E-state index in [1.165, 1.54) is 12.8 Å². The van der Waals surface area contributed by atoms with E-state index in [0.717, 1.165) is 12.2 Å². The molecule has 1 heterocycles.